The van der Waals surface area contributed by atoms with Gasteiger partial charge in [-0.2, -0.15) is 4.98 Å². The fraction of sp³-hybridized carbons (Fsp3) is 0.118. The van der Waals surface area contributed by atoms with Crippen molar-refractivity contribution in [1.29, 1.82) is 0 Å². The highest BCUT2D eigenvalue weighted by Gasteiger charge is 2.08. The number of carbonyl (C=O) groups excluding carboxylic acids is 2. The molecule has 0 saturated heterocycles. The number of aromatic nitrogens is 4. The van der Waals surface area contributed by atoms with Crippen molar-refractivity contribution in [3.8, 4) is 0 Å². The monoisotopic (exact) mass is 336 g/mol. The molecule has 0 aliphatic heterocycles. The molecule has 0 radical (unpaired) electrons. The summed E-state index contributed by atoms with van der Waals surface area (Å²) in [5.74, 6) is 0.503. The predicted molar refractivity (Wildman–Crippen MR) is 91.6 cm³/mol. The zero-order valence-electron chi connectivity index (χ0n) is 13.3. The number of hydrogen-bond donors (Lipinski definition) is 2. The second-order valence-electron chi connectivity index (χ2n) is 5.24. The SMILES string of the molecule is C=CC(=O)Nc1cccc(CC(=O)NCc2nc3ncccn3n2)c1. The van der Waals surface area contributed by atoms with Crippen molar-refractivity contribution >= 4 is 23.3 Å². The number of carbonyl (C=O) groups is 2. The van der Waals surface area contributed by atoms with E-state index >= 15 is 0 Å². The smallest absolute Gasteiger partial charge is 0.252 e. The standard InChI is InChI=1S/C17H16N6O2/c1-2-15(24)20-13-6-3-5-12(9-13)10-16(25)19-11-14-21-17-18-7-4-8-23(17)22-14/h2-9H,1,10-11H2,(H,19,25)(H,20,24). The van der Waals surface area contributed by atoms with Crippen molar-refractivity contribution in [2.45, 2.75) is 13.0 Å². The van der Waals surface area contributed by atoms with Crippen LogP contribution in [0.15, 0.2) is 55.4 Å². The number of fused-ring (bicyclic) bond motifs is 1. The number of benzene rings is 1. The number of amides is 2. The van der Waals surface area contributed by atoms with E-state index in [9.17, 15) is 9.59 Å². The first-order chi connectivity index (χ1) is 12.1. The minimum Gasteiger partial charge on any atom is -0.348 e. The minimum atomic E-state index is -0.298. The van der Waals surface area contributed by atoms with Gasteiger partial charge in [0.15, 0.2) is 5.82 Å². The molecule has 2 heterocycles. The number of hydrogen-bond acceptors (Lipinski definition) is 5. The first-order valence-corrected chi connectivity index (χ1v) is 7.59. The van der Waals surface area contributed by atoms with Gasteiger partial charge in [-0.15, -0.1) is 5.10 Å². The average molecular weight is 336 g/mol. The highest BCUT2D eigenvalue weighted by molar-refractivity contribution is 5.98. The van der Waals surface area contributed by atoms with Gasteiger partial charge in [-0.25, -0.2) is 9.50 Å². The normalized spacial score (nSPS) is 10.4. The second kappa shape index (κ2) is 7.35. The molecule has 2 amide bonds. The molecule has 8 nitrogen and oxygen atoms in total. The third-order valence-electron chi connectivity index (χ3n) is 3.35. The molecule has 0 unspecified atom stereocenters. The summed E-state index contributed by atoms with van der Waals surface area (Å²) >= 11 is 0. The van der Waals surface area contributed by atoms with Crippen molar-refractivity contribution < 1.29 is 9.59 Å². The zero-order valence-corrected chi connectivity index (χ0v) is 13.3. The van der Waals surface area contributed by atoms with Crippen LogP contribution in [0.4, 0.5) is 5.69 Å². The quantitative estimate of drug-likeness (QED) is 0.657. The van der Waals surface area contributed by atoms with Gasteiger partial charge in [0, 0.05) is 18.1 Å². The summed E-state index contributed by atoms with van der Waals surface area (Å²) in [6.45, 7) is 3.62. The van der Waals surface area contributed by atoms with Crippen molar-refractivity contribution in [2.75, 3.05) is 5.32 Å². The summed E-state index contributed by atoms with van der Waals surface area (Å²) in [6, 6.07) is 8.83. The van der Waals surface area contributed by atoms with Gasteiger partial charge in [-0.05, 0) is 29.8 Å². The minimum absolute atomic E-state index is 0.168. The maximum atomic E-state index is 12.1. The third kappa shape index (κ3) is 4.25. The fourth-order valence-electron chi connectivity index (χ4n) is 2.23. The highest BCUT2D eigenvalue weighted by Crippen LogP contribution is 2.11. The van der Waals surface area contributed by atoms with Crippen LogP contribution in [0, 0.1) is 0 Å². The Balaban J connectivity index is 1.58. The highest BCUT2D eigenvalue weighted by atomic mass is 16.2. The lowest BCUT2D eigenvalue weighted by atomic mass is 10.1. The van der Waals surface area contributed by atoms with Crippen LogP contribution in [-0.2, 0) is 22.6 Å². The third-order valence-corrected chi connectivity index (χ3v) is 3.35. The van der Waals surface area contributed by atoms with E-state index < -0.39 is 0 Å². The molecule has 0 aliphatic carbocycles. The molecule has 0 fully saturated rings. The maximum absolute atomic E-state index is 12.1. The van der Waals surface area contributed by atoms with Crippen LogP contribution in [0.2, 0.25) is 0 Å². The van der Waals surface area contributed by atoms with Crippen molar-refractivity contribution in [3.05, 3.63) is 66.8 Å². The molecule has 1 aromatic carbocycles. The van der Waals surface area contributed by atoms with E-state index in [-0.39, 0.29) is 24.8 Å². The van der Waals surface area contributed by atoms with Crippen molar-refractivity contribution in [2.24, 2.45) is 0 Å². The van der Waals surface area contributed by atoms with E-state index in [1.54, 1.807) is 41.2 Å². The molecule has 0 aliphatic rings. The first-order valence-electron chi connectivity index (χ1n) is 7.59. The Labute approximate surface area is 143 Å². The van der Waals surface area contributed by atoms with E-state index in [0.717, 1.165) is 5.56 Å². The molecule has 0 atom stereocenters. The van der Waals surface area contributed by atoms with Crippen LogP contribution in [0.3, 0.4) is 0 Å². The van der Waals surface area contributed by atoms with Crippen LogP contribution in [0.1, 0.15) is 11.4 Å². The first kappa shape index (κ1) is 16.3. The van der Waals surface area contributed by atoms with Gasteiger partial charge in [-0.3, -0.25) is 9.59 Å². The van der Waals surface area contributed by atoms with Crippen LogP contribution in [0.5, 0.6) is 0 Å². The molecule has 2 N–H and O–H groups in total. The lowest BCUT2D eigenvalue weighted by Crippen LogP contribution is -2.25. The molecular weight excluding hydrogens is 320 g/mol. The predicted octanol–water partition coefficient (Wildman–Crippen LogP) is 1.11. The van der Waals surface area contributed by atoms with E-state index in [2.05, 4.69) is 32.3 Å². The maximum Gasteiger partial charge on any atom is 0.252 e. The van der Waals surface area contributed by atoms with Crippen molar-refractivity contribution in [3.63, 3.8) is 0 Å². The summed E-state index contributed by atoms with van der Waals surface area (Å²) in [5.41, 5.74) is 1.40. The number of nitrogens with zero attached hydrogens (tertiary/aromatic N) is 4. The summed E-state index contributed by atoms with van der Waals surface area (Å²) in [7, 11) is 0. The molecule has 8 heteroatoms. The summed E-state index contributed by atoms with van der Waals surface area (Å²) < 4.78 is 1.55. The molecule has 0 bridgehead atoms. The molecule has 126 valence electrons. The molecule has 3 rings (SSSR count). The van der Waals surface area contributed by atoms with Crippen LogP contribution in [-0.4, -0.2) is 31.4 Å². The van der Waals surface area contributed by atoms with E-state index in [0.29, 0.717) is 17.3 Å². The molecule has 0 spiro atoms. The Morgan fingerprint density at radius 1 is 1.28 bits per heavy atom. The Morgan fingerprint density at radius 2 is 2.16 bits per heavy atom. The molecule has 0 saturated carbocycles. The van der Waals surface area contributed by atoms with Gasteiger partial charge < -0.3 is 10.6 Å². The zero-order chi connectivity index (χ0) is 17.6. The van der Waals surface area contributed by atoms with Crippen molar-refractivity contribution in [1.82, 2.24) is 24.9 Å². The van der Waals surface area contributed by atoms with Gasteiger partial charge in [0.2, 0.25) is 11.8 Å². The van der Waals surface area contributed by atoms with Gasteiger partial charge >= 0.3 is 0 Å². The Kier molecular flexibility index (Phi) is 4.79. The summed E-state index contributed by atoms with van der Waals surface area (Å²) in [6.07, 6.45) is 4.74. The van der Waals surface area contributed by atoms with E-state index in [1.165, 1.54) is 6.08 Å². The molecule has 3 aromatic rings. The van der Waals surface area contributed by atoms with Gasteiger partial charge in [0.05, 0.1) is 13.0 Å². The van der Waals surface area contributed by atoms with Crippen LogP contribution in [0.25, 0.3) is 5.78 Å². The van der Waals surface area contributed by atoms with Gasteiger partial charge in [-0.1, -0.05) is 18.7 Å². The number of nitrogens with one attached hydrogen (secondary N) is 2. The summed E-state index contributed by atoms with van der Waals surface area (Å²) in [4.78, 5) is 31.7. The average Bonchev–Trinajstić information content (AvgIpc) is 3.03. The Bertz CT molecular complexity index is 901. The molecule has 2 aromatic heterocycles. The molecular formula is C17H16N6O2. The Morgan fingerprint density at radius 3 is 2.96 bits per heavy atom. The fourth-order valence-corrected chi connectivity index (χ4v) is 2.23. The van der Waals surface area contributed by atoms with E-state index in [4.69, 9.17) is 0 Å². The largest absolute Gasteiger partial charge is 0.348 e. The summed E-state index contributed by atoms with van der Waals surface area (Å²) in [5, 5.41) is 9.65. The lowest BCUT2D eigenvalue weighted by molar-refractivity contribution is -0.120. The topological polar surface area (TPSA) is 101 Å². The van der Waals surface area contributed by atoms with Gasteiger partial charge in [0.1, 0.15) is 0 Å². The van der Waals surface area contributed by atoms with Crippen LogP contribution < -0.4 is 10.6 Å². The number of anilines is 1. The Hall–Kier alpha value is -3.55. The lowest BCUT2D eigenvalue weighted by Gasteiger charge is -2.06. The van der Waals surface area contributed by atoms with Crippen LogP contribution >= 0.6 is 0 Å². The van der Waals surface area contributed by atoms with Gasteiger partial charge in [0.25, 0.3) is 5.78 Å². The number of rotatable bonds is 6. The van der Waals surface area contributed by atoms with E-state index in [1.807, 2.05) is 6.07 Å². The molecule has 25 heavy (non-hydrogen) atoms. The second-order valence-corrected chi connectivity index (χ2v) is 5.24.